The van der Waals surface area contributed by atoms with Crippen LogP contribution in [0.15, 0.2) is 48.5 Å². The van der Waals surface area contributed by atoms with Crippen LogP contribution >= 0.6 is 0 Å². The molecule has 3 rings (SSSR count). The molecule has 0 bridgehead atoms. The predicted molar refractivity (Wildman–Crippen MR) is 116 cm³/mol. The molecule has 0 aromatic heterocycles. The van der Waals surface area contributed by atoms with Crippen molar-refractivity contribution in [1.29, 1.82) is 0 Å². The van der Waals surface area contributed by atoms with Crippen molar-refractivity contribution in [2.75, 3.05) is 39.3 Å². The zero-order valence-corrected chi connectivity index (χ0v) is 18.9. The number of piperazine rings is 1. The van der Waals surface area contributed by atoms with Crippen LogP contribution in [0.4, 0.5) is 26.3 Å². The summed E-state index contributed by atoms with van der Waals surface area (Å²) < 4.78 is 85.2. The molecule has 2 aromatic carbocycles. The van der Waals surface area contributed by atoms with Crippen LogP contribution in [-0.2, 0) is 21.9 Å². The van der Waals surface area contributed by atoms with Gasteiger partial charge in [0.25, 0.3) is 0 Å². The van der Waals surface area contributed by atoms with E-state index in [-0.39, 0.29) is 30.8 Å². The molecule has 1 N–H and O–H groups in total. The van der Waals surface area contributed by atoms with Gasteiger partial charge in [0.1, 0.15) is 0 Å². The fourth-order valence-electron chi connectivity index (χ4n) is 4.06. The molecule has 11 heteroatoms. The Balaban J connectivity index is 1.78. The SMILES string of the molecule is C[C@@H](OC[C@H](c1ccccc1)N1CCN(CC(=O)O)CC1)c1cc(C(F)(F)F)cc(C(F)(F)F)c1. The second-order valence-corrected chi connectivity index (χ2v) is 8.45. The van der Waals surface area contributed by atoms with Gasteiger partial charge in [-0.3, -0.25) is 14.6 Å². The lowest BCUT2D eigenvalue weighted by Gasteiger charge is -2.39. The van der Waals surface area contributed by atoms with Crippen LogP contribution < -0.4 is 0 Å². The van der Waals surface area contributed by atoms with Crippen molar-refractivity contribution < 1.29 is 41.0 Å². The Morgan fingerprint density at radius 2 is 1.46 bits per heavy atom. The highest BCUT2D eigenvalue weighted by molar-refractivity contribution is 5.69. The van der Waals surface area contributed by atoms with Gasteiger partial charge >= 0.3 is 18.3 Å². The summed E-state index contributed by atoms with van der Waals surface area (Å²) in [4.78, 5) is 14.8. The van der Waals surface area contributed by atoms with E-state index < -0.39 is 35.6 Å². The first-order chi connectivity index (χ1) is 16.3. The summed E-state index contributed by atoms with van der Waals surface area (Å²) in [7, 11) is 0. The van der Waals surface area contributed by atoms with E-state index in [4.69, 9.17) is 9.84 Å². The van der Waals surface area contributed by atoms with Crippen molar-refractivity contribution in [2.24, 2.45) is 0 Å². The third kappa shape index (κ3) is 7.42. The van der Waals surface area contributed by atoms with Crippen LogP contribution in [0.25, 0.3) is 0 Å². The minimum absolute atomic E-state index is 0.0295. The summed E-state index contributed by atoms with van der Waals surface area (Å²) in [5.41, 5.74) is -2.10. The number of aliphatic carboxylic acids is 1. The van der Waals surface area contributed by atoms with Gasteiger partial charge in [-0.25, -0.2) is 0 Å². The second-order valence-electron chi connectivity index (χ2n) is 8.45. The van der Waals surface area contributed by atoms with Gasteiger partial charge in [0.2, 0.25) is 0 Å². The molecule has 5 nitrogen and oxygen atoms in total. The van der Waals surface area contributed by atoms with Crippen LogP contribution in [-0.4, -0.2) is 60.2 Å². The number of benzene rings is 2. The number of hydrogen-bond acceptors (Lipinski definition) is 4. The number of hydrogen-bond donors (Lipinski definition) is 1. The lowest BCUT2D eigenvalue weighted by atomic mass is 10.0. The first-order valence-corrected chi connectivity index (χ1v) is 11.0. The van der Waals surface area contributed by atoms with Gasteiger partial charge in [-0.2, -0.15) is 26.3 Å². The second kappa shape index (κ2) is 11.0. The zero-order chi connectivity index (χ0) is 25.8. The highest BCUT2D eigenvalue weighted by atomic mass is 19.4. The van der Waals surface area contributed by atoms with E-state index in [0.29, 0.717) is 38.3 Å². The maximum atomic E-state index is 13.2. The number of ether oxygens (including phenoxy) is 1. The topological polar surface area (TPSA) is 53.0 Å². The van der Waals surface area contributed by atoms with Crippen molar-refractivity contribution in [2.45, 2.75) is 31.4 Å². The lowest BCUT2D eigenvalue weighted by molar-refractivity contribution is -0.143. The van der Waals surface area contributed by atoms with E-state index >= 15 is 0 Å². The first kappa shape index (κ1) is 27.0. The minimum atomic E-state index is -4.93. The molecular formula is C24H26F6N2O3. The molecule has 0 amide bonds. The Hall–Kier alpha value is -2.63. The van der Waals surface area contributed by atoms with E-state index in [1.165, 1.54) is 6.92 Å². The van der Waals surface area contributed by atoms with Gasteiger partial charge in [0.15, 0.2) is 0 Å². The summed E-state index contributed by atoms with van der Waals surface area (Å²) in [5.74, 6) is -0.922. The summed E-state index contributed by atoms with van der Waals surface area (Å²) in [6.07, 6.45) is -10.9. The Morgan fingerprint density at radius 1 is 0.914 bits per heavy atom. The quantitative estimate of drug-likeness (QED) is 0.498. The molecule has 35 heavy (non-hydrogen) atoms. The maximum Gasteiger partial charge on any atom is 0.416 e. The molecule has 0 spiro atoms. The number of alkyl halides is 6. The average Bonchev–Trinajstić information content (AvgIpc) is 2.79. The fraction of sp³-hybridized carbons (Fsp3) is 0.458. The number of carbonyl (C=O) groups is 1. The van der Waals surface area contributed by atoms with E-state index in [0.717, 1.165) is 5.56 Å². The summed E-state index contributed by atoms with van der Waals surface area (Å²) in [6, 6.07) is 10.4. The van der Waals surface area contributed by atoms with E-state index in [1.54, 1.807) is 4.90 Å². The number of nitrogens with zero attached hydrogens (tertiary/aromatic N) is 2. The molecule has 1 aliphatic rings. The molecule has 0 unspecified atom stereocenters. The van der Waals surface area contributed by atoms with Crippen molar-refractivity contribution >= 4 is 5.97 Å². The summed E-state index contributed by atoms with van der Waals surface area (Å²) in [5, 5.41) is 9.00. The number of rotatable bonds is 8. The molecule has 1 fully saturated rings. The van der Waals surface area contributed by atoms with Gasteiger partial charge in [0, 0.05) is 26.2 Å². The summed E-state index contributed by atoms with van der Waals surface area (Å²) >= 11 is 0. The van der Waals surface area contributed by atoms with Gasteiger partial charge < -0.3 is 9.84 Å². The predicted octanol–water partition coefficient (Wildman–Crippen LogP) is 5.25. The Morgan fingerprint density at radius 3 is 1.94 bits per heavy atom. The third-order valence-corrected chi connectivity index (χ3v) is 5.97. The maximum absolute atomic E-state index is 13.2. The van der Waals surface area contributed by atoms with Crippen molar-refractivity contribution in [3.8, 4) is 0 Å². The number of carboxylic acid groups (broad SMARTS) is 1. The standard InChI is InChI=1S/C24H26F6N2O3/c1-16(18-11-19(23(25,26)27)13-20(12-18)24(28,29)30)35-15-21(17-5-3-2-4-6-17)32-9-7-31(8-10-32)14-22(33)34/h2-6,11-13,16,21H,7-10,14-15H2,1H3,(H,33,34)/t16-,21-/m1/s1. The molecule has 0 radical (unpaired) electrons. The molecule has 1 saturated heterocycles. The van der Waals surface area contributed by atoms with Crippen LogP contribution in [0.1, 0.15) is 41.3 Å². The van der Waals surface area contributed by atoms with E-state index in [1.807, 2.05) is 30.3 Å². The highest BCUT2D eigenvalue weighted by Crippen LogP contribution is 2.38. The van der Waals surface area contributed by atoms with Crippen LogP contribution in [0.5, 0.6) is 0 Å². The van der Waals surface area contributed by atoms with Crippen LogP contribution in [0.2, 0.25) is 0 Å². The largest absolute Gasteiger partial charge is 0.480 e. The van der Waals surface area contributed by atoms with Gasteiger partial charge in [-0.1, -0.05) is 30.3 Å². The molecule has 2 atom stereocenters. The van der Waals surface area contributed by atoms with Crippen molar-refractivity contribution in [3.63, 3.8) is 0 Å². The lowest BCUT2D eigenvalue weighted by Crippen LogP contribution is -2.49. The Kier molecular flexibility index (Phi) is 8.45. The normalized spacial score (nSPS) is 17.8. The van der Waals surface area contributed by atoms with Crippen molar-refractivity contribution in [3.05, 3.63) is 70.8 Å². The smallest absolute Gasteiger partial charge is 0.416 e. The van der Waals surface area contributed by atoms with Gasteiger partial charge in [-0.15, -0.1) is 0 Å². The highest BCUT2D eigenvalue weighted by Gasteiger charge is 2.37. The number of carboxylic acids is 1. The van der Waals surface area contributed by atoms with E-state index in [9.17, 15) is 31.1 Å². The monoisotopic (exact) mass is 504 g/mol. The Labute approximate surface area is 198 Å². The van der Waals surface area contributed by atoms with Crippen LogP contribution in [0, 0.1) is 0 Å². The van der Waals surface area contributed by atoms with E-state index in [2.05, 4.69) is 4.90 Å². The third-order valence-electron chi connectivity index (χ3n) is 5.97. The molecule has 2 aromatic rings. The van der Waals surface area contributed by atoms with Gasteiger partial charge in [0.05, 0.1) is 36.4 Å². The zero-order valence-electron chi connectivity index (χ0n) is 18.9. The Bertz CT molecular complexity index is 957. The molecule has 0 saturated carbocycles. The summed E-state index contributed by atoms with van der Waals surface area (Å²) in [6.45, 7) is 3.46. The van der Waals surface area contributed by atoms with Crippen LogP contribution in [0.3, 0.4) is 0 Å². The molecular weight excluding hydrogens is 478 g/mol. The number of halogens is 6. The van der Waals surface area contributed by atoms with Crippen molar-refractivity contribution in [1.82, 2.24) is 9.80 Å². The first-order valence-electron chi connectivity index (χ1n) is 11.0. The molecule has 1 heterocycles. The minimum Gasteiger partial charge on any atom is -0.480 e. The molecule has 0 aliphatic carbocycles. The fourth-order valence-corrected chi connectivity index (χ4v) is 4.06. The molecule has 192 valence electrons. The molecule has 1 aliphatic heterocycles. The van der Waals surface area contributed by atoms with Gasteiger partial charge in [-0.05, 0) is 36.2 Å². The average molecular weight is 504 g/mol.